The molecule has 1 N–H and O–H groups in total. The molecule has 86 valence electrons. The van der Waals surface area contributed by atoms with Gasteiger partial charge in [-0.25, -0.2) is 0 Å². The molecule has 1 saturated heterocycles. The highest BCUT2D eigenvalue weighted by Crippen LogP contribution is 2.14. The Labute approximate surface area is 95.2 Å². The number of carbonyl (C=O) groups excluding carboxylic acids is 1. The first kappa shape index (κ1) is 11.0. The van der Waals surface area contributed by atoms with Gasteiger partial charge in [-0.3, -0.25) is 4.79 Å². The third-order valence-electron chi connectivity index (χ3n) is 2.70. The van der Waals surface area contributed by atoms with Crippen LogP contribution in [-0.4, -0.2) is 37.6 Å². The highest BCUT2D eigenvalue weighted by atomic mass is 16.5. The molecule has 0 aromatic heterocycles. The zero-order chi connectivity index (χ0) is 11.4. The molecule has 2 rings (SSSR count). The van der Waals surface area contributed by atoms with Crippen LogP contribution in [0.25, 0.3) is 0 Å². The molecule has 1 aliphatic rings. The summed E-state index contributed by atoms with van der Waals surface area (Å²) in [5.74, 6) is 0.995. The molecular formula is C12H16N2O2. The number of rotatable bonds is 3. The van der Waals surface area contributed by atoms with Gasteiger partial charge >= 0.3 is 0 Å². The van der Waals surface area contributed by atoms with E-state index in [1.54, 1.807) is 7.11 Å². The van der Waals surface area contributed by atoms with E-state index in [2.05, 4.69) is 5.32 Å². The number of hydrogen-bond donors (Lipinski definition) is 1. The van der Waals surface area contributed by atoms with Crippen LogP contribution in [0.3, 0.4) is 0 Å². The lowest BCUT2D eigenvalue weighted by Crippen LogP contribution is -2.47. The van der Waals surface area contributed by atoms with Gasteiger partial charge in [-0.2, -0.15) is 0 Å². The summed E-state index contributed by atoms with van der Waals surface area (Å²) in [6.45, 7) is 2.76. The van der Waals surface area contributed by atoms with Crippen molar-refractivity contribution in [3.05, 3.63) is 29.8 Å². The Kier molecular flexibility index (Phi) is 3.41. The molecule has 0 saturated carbocycles. The molecule has 0 unspecified atom stereocenters. The Hall–Kier alpha value is -1.55. The van der Waals surface area contributed by atoms with Gasteiger partial charge in [-0.1, -0.05) is 12.1 Å². The maximum Gasteiger partial charge on any atom is 0.236 e. The molecule has 1 aromatic rings. The minimum absolute atomic E-state index is 0.161. The topological polar surface area (TPSA) is 41.6 Å². The second-order valence-corrected chi connectivity index (χ2v) is 3.84. The Morgan fingerprint density at radius 3 is 3.12 bits per heavy atom. The second-order valence-electron chi connectivity index (χ2n) is 3.84. The standard InChI is InChI=1S/C12H16N2O2/c1-16-11-4-2-3-10(7-11)9-14-6-5-13-8-12(14)15/h2-4,7,13H,5-6,8-9H2,1H3. The van der Waals surface area contributed by atoms with Gasteiger partial charge in [-0.15, -0.1) is 0 Å². The number of piperazine rings is 1. The van der Waals surface area contributed by atoms with Gasteiger partial charge < -0.3 is 15.0 Å². The van der Waals surface area contributed by atoms with E-state index >= 15 is 0 Å². The quantitative estimate of drug-likeness (QED) is 0.812. The van der Waals surface area contributed by atoms with E-state index in [4.69, 9.17) is 4.74 Å². The summed E-state index contributed by atoms with van der Waals surface area (Å²) in [5.41, 5.74) is 1.11. The maximum absolute atomic E-state index is 11.6. The van der Waals surface area contributed by atoms with Crippen molar-refractivity contribution in [1.82, 2.24) is 10.2 Å². The lowest BCUT2D eigenvalue weighted by atomic mass is 10.2. The smallest absolute Gasteiger partial charge is 0.236 e. The van der Waals surface area contributed by atoms with Gasteiger partial charge in [0.05, 0.1) is 13.7 Å². The third kappa shape index (κ3) is 2.52. The molecule has 16 heavy (non-hydrogen) atoms. The number of nitrogens with one attached hydrogen (secondary N) is 1. The number of nitrogens with zero attached hydrogens (tertiary/aromatic N) is 1. The first-order valence-electron chi connectivity index (χ1n) is 5.41. The summed E-state index contributed by atoms with van der Waals surface area (Å²) in [5, 5.41) is 3.06. The van der Waals surface area contributed by atoms with Crippen molar-refractivity contribution in [2.45, 2.75) is 6.54 Å². The van der Waals surface area contributed by atoms with Crippen LogP contribution in [0.1, 0.15) is 5.56 Å². The summed E-state index contributed by atoms with van der Waals surface area (Å²) in [6, 6.07) is 7.83. The Balaban J connectivity index is 2.04. The van der Waals surface area contributed by atoms with Gasteiger partial charge in [0.1, 0.15) is 5.75 Å². The summed E-state index contributed by atoms with van der Waals surface area (Å²) in [7, 11) is 1.65. The predicted octanol–water partition coefficient (Wildman–Crippen LogP) is 0.627. The lowest BCUT2D eigenvalue weighted by molar-refractivity contribution is -0.132. The van der Waals surface area contributed by atoms with Gasteiger partial charge in [0, 0.05) is 19.6 Å². The number of benzene rings is 1. The van der Waals surface area contributed by atoms with Crippen molar-refractivity contribution in [1.29, 1.82) is 0 Å². The van der Waals surface area contributed by atoms with E-state index < -0.39 is 0 Å². The molecule has 0 bridgehead atoms. The van der Waals surface area contributed by atoms with E-state index in [-0.39, 0.29) is 5.91 Å². The van der Waals surface area contributed by atoms with Gasteiger partial charge in [0.15, 0.2) is 0 Å². The van der Waals surface area contributed by atoms with Gasteiger partial charge in [-0.05, 0) is 17.7 Å². The van der Waals surface area contributed by atoms with Crippen LogP contribution in [0.2, 0.25) is 0 Å². The van der Waals surface area contributed by atoms with Crippen LogP contribution in [0, 0.1) is 0 Å². The van der Waals surface area contributed by atoms with Crippen LogP contribution < -0.4 is 10.1 Å². The predicted molar refractivity (Wildman–Crippen MR) is 61.3 cm³/mol. The summed E-state index contributed by atoms with van der Waals surface area (Å²) in [4.78, 5) is 13.5. The van der Waals surface area contributed by atoms with Crippen LogP contribution >= 0.6 is 0 Å². The molecular weight excluding hydrogens is 204 g/mol. The molecule has 0 aliphatic carbocycles. The SMILES string of the molecule is COc1cccc(CN2CCNCC2=O)c1. The van der Waals surface area contributed by atoms with Crippen LogP contribution in [0.4, 0.5) is 0 Å². The molecule has 4 nitrogen and oxygen atoms in total. The van der Waals surface area contributed by atoms with E-state index in [1.807, 2.05) is 29.2 Å². The fraction of sp³-hybridized carbons (Fsp3) is 0.417. The highest BCUT2D eigenvalue weighted by molar-refractivity contribution is 5.79. The van der Waals surface area contributed by atoms with E-state index in [0.717, 1.165) is 24.4 Å². The molecule has 1 amide bonds. The first-order valence-corrected chi connectivity index (χ1v) is 5.41. The number of ether oxygens (including phenoxy) is 1. The molecule has 1 fully saturated rings. The van der Waals surface area contributed by atoms with Crippen molar-refractivity contribution in [3.63, 3.8) is 0 Å². The van der Waals surface area contributed by atoms with E-state index in [0.29, 0.717) is 13.1 Å². The van der Waals surface area contributed by atoms with Crippen molar-refractivity contribution >= 4 is 5.91 Å². The minimum Gasteiger partial charge on any atom is -0.497 e. The van der Waals surface area contributed by atoms with E-state index in [1.165, 1.54) is 0 Å². The molecule has 1 aliphatic heterocycles. The number of amides is 1. The molecule has 1 aromatic carbocycles. The normalized spacial score (nSPS) is 16.3. The van der Waals surface area contributed by atoms with Crippen LogP contribution in [0.15, 0.2) is 24.3 Å². The zero-order valence-corrected chi connectivity index (χ0v) is 9.40. The fourth-order valence-electron chi connectivity index (χ4n) is 1.80. The van der Waals surface area contributed by atoms with Crippen molar-refractivity contribution in [2.75, 3.05) is 26.7 Å². The largest absolute Gasteiger partial charge is 0.497 e. The molecule has 0 radical (unpaired) electrons. The summed E-state index contributed by atoms with van der Waals surface area (Å²) in [6.07, 6.45) is 0. The van der Waals surface area contributed by atoms with Crippen LogP contribution in [0.5, 0.6) is 5.75 Å². The fourth-order valence-corrected chi connectivity index (χ4v) is 1.80. The summed E-state index contributed by atoms with van der Waals surface area (Å²) < 4.78 is 5.16. The molecule has 0 spiro atoms. The summed E-state index contributed by atoms with van der Waals surface area (Å²) >= 11 is 0. The van der Waals surface area contributed by atoms with E-state index in [9.17, 15) is 4.79 Å². The zero-order valence-electron chi connectivity index (χ0n) is 9.40. The van der Waals surface area contributed by atoms with Crippen molar-refractivity contribution in [3.8, 4) is 5.75 Å². The second kappa shape index (κ2) is 4.99. The number of methoxy groups -OCH3 is 1. The third-order valence-corrected chi connectivity index (χ3v) is 2.70. The molecule has 4 heteroatoms. The highest BCUT2D eigenvalue weighted by Gasteiger charge is 2.17. The molecule has 0 atom stereocenters. The minimum atomic E-state index is 0.161. The Morgan fingerprint density at radius 1 is 1.50 bits per heavy atom. The Bertz CT molecular complexity index is 379. The van der Waals surface area contributed by atoms with Crippen molar-refractivity contribution < 1.29 is 9.53 Å². The number of carbonyl (C=O) groups is 1. The van der Waals surface area contributed by atoms with Gasteiger partial charge in [0.25, 0.3) is 0 Å². The van der Waals surface area contributed by atoms with Crippen LogP contribution in [-0.2, 0) is 11.3 Å². The number of hydrogen-bond acceptors (Lipinski definition) is 3. The Morgan fingerprint density at radius 2 is 2.38 bits per heavy atom. The first-order chi connectivity index (χ1) is 7.79. The monoisotopic (exact) mass is 220 g/mol. The van der Waals surface area contributed by atoms with Crippen molar-refractivity contribution in [2.24, 2.45) is 0 Å². The lowest BCUT2D eigenvalue weighted by Gasteiger charge is -2.27. The van der Waals surface area contributed by atoms with Gasteiger partial charge in [0.2, 0.25) is 5.91 Å². The average Bonchev–Trinajstić information content (AvgIpc) is 2.32. The molecule has 1 heterocycles. The average molecular weight is 220 g/mol. The maximum atomic E-state index is 11.6.